The maximum Gasteiger partial charge on any atom is 0.303 e. The number of carbonyl (C=O) groups is 2. The van der Waals surface area contributed by atoms with Crippen LogP contribution in [0.4, 0.5) is 11.4 Å². The van der Waals surface area contributed by atoms with Gasteiger partial charge in [-0.25, -0.2) is 0 Å². The highest BCUT2D eigenvalue weighted by atomic mass is 16.4. The number of aliphatic carboxylic acids is 1. The standard InChI is InChI=1S/C20H23N3O3/c24-19(25)9-4-15-2-1-3-17(14-15)22-20(26)16-5-7-18(8-6-16)23-12-10-21-11-13-23/h1-3,5-8,14,21H,4,9-13H2,(H,22,26)(H,24,25). The van der Waals surface area contributed by atoms with Crippen LogP contribution < -0.4 is 15.5 Å². The summed E-state index contributed by atoms with van der Waals surface area (Å²) in [7, 11) is 0. The smallest absolute Gasteiger partial charge is 0.303 e. The molecule has 0 bridgehead atoms. The van der Waals surface area contributed by atoms with Crippen LogP contribution in [-0.2, 0) is 11.2 Å². The Morgan fingerprint density at radius 2 is 1.81 bits per heavy atom. The van der Waals surface area contributed by atoms with E-state index >= 15 is 0 Å². The molecule has 1 fully saturated rings. The number of rotatable bonds is 6. The van der Waals surface area contributed by atoms with Crippen LogP contribution in [-0.4, -0.2) is 43.2 Å². The quantitative estimate of drug-likeness (QED) is 0.743. The van der Waals surface area contributed by atoms with E-state index in [4.69, 9.17) is 5.11 Å². The molecular weight excluding hydrogens is 330 g/mol. The fourth-order valence-corrected chi connectivity index (χ4v) is 3.01. The average Bonchev–Trinajstić information content (AvgIpc) is 2.67. The van der Waals surface area contributed by atoms with Crippen molar-refractivity contribution in [3.63, 3.8) is 0 Å². The lowest BCUT2D eigenvalue weighted by atomic mass is 10.1. The Hall–Kier alpha value is -2.86. The number of carbonyl (C=O) groups excluding carboxylic acids is 1. The number of anilines is 2. The zero-order valence-corrected chi connectivity index (χ0v) is 14.6. The van der Waals surface area contributed by atoms with Crippen molar-refractivity contribution in [1.82, 2.24) is 5.32 Å². The SMILES string of the molecule is O=C(O)CCc1cccc(NC(=O)c2ccc(N3CCNCC3)cc2)c1. The molecule has 0 spiro atoms. The summed E-state index contributed by atoms with van der Waals surface area (Å²) in [6.45, 7) is 3.88. The number of benzene rings is 2. The molecule has 1 amide bonds. The molecule has 0 aliphatic carbocycles. The first-order chi connectivity index (χ1) is 12.6. The minimum atomic E-state index is -0.830. The molecule has 6 nitrogen and oxygen atoms in total. The van der Waals surface area contributed by atoms with Crippen molar-refractivity contribution in [2.45, 2.75) is 12.8 Å². The Labute approximate surface area is 152 Å². The maximum absolute atomic E-state index is 12.5. The van der Waals surface area contributed by atoms with E-state index < -0.39 is 5.97 Å². The molecule has 1 heterocycles. The Bertz CT molecular complexity index is 768. The van der Waals surface area contributed by atoms with Gasteiger partial charge in [0.1, 0.15) is 0 Å². The van der Waals surface area contributed by atoms with Crippen LogP contribution in [0.5, 0.6) is 0 Å². The predicted molar refractivity (Wildman–Crippen MR) is 102 cm³/mol. The highest BCUT2D eigenvalue weighted by molar-refractivity contribution is 6.04. The third kappa shape index (κ3) is 4.83. The zero-order chi connectivity index (χ0) is 18.4. The second kappa shape index (κ2) is 8.49. The van der Waals surface area contributed by atoms with E-state index in [1.54, 1.807) is 6.07 Å². The number of piperazine rings is 1. The first-order valence-corrected chi connectivity index (χ1v) is 8.79. The second-order valence-corrected chi connectivity index (χ2v) is 6.33. The molecule has 0 aromatic heterocycles. The van der Waals surface area contributed by atoms with Gasteiger partial charge < -0.3 is 20.6 Å². The molecule has 6 heteroatoms. The Morgan fingerprint density at radius 1 is 1.08 bits per heavy atom. The van der Waals surface area contributed by atoms with Gasteiger partial charge >= 0.3 is 5.97 Å². The van der Waals surface area contributed by atoms with Crippen LogP contribution in [0.15, 0.2) is 48.5 Å². The molecular formula is C20H23N3O3. The summed E-state index contributed by atoms with van der Waals surface area (Å²) >= 11 is 0. The van der Waals surface area contributed by atoms with Crippen molar-refractivity contribution in [3.8, 4) is 0 Å². The highest BCUT2D eigenvalue weighted by Gasteiger charge is 2.12. The fourth-order valence-electron chi connectivity index (χ4n) is 3.01. The summed E-state index contributed by atoms with van der Waals surface area (Å²) in [5.74, 6) is -1.00. The van der Waals surface area contributed by atoms with Gasteiger partial charge in [0.25, 0.3) is 5.91 Å². The molecule has 2 aromatic carbocycles. The number of hydrogen-bond acceptors (Lipinski definition) is 4. The third-order valence-corrected chi connectivity index (χ3v) is 4.42. The second-order valence-electron chi connectivity index (χ2n) is 6.33. The number of carboxylic acid groups (broad SMARTS) is 1. The van der Waals surface area contributed by atoms with Crippen molar-refractivity contribution in [3.05, 3.63) is 59.7 Å². The van der Waals surface area contributed by atoms with Crippen molar-refractivity contribution in [2.75, 3.05) is 36.4 Å². The van der Waals surface area contributed by atoms with E-state index in [9.17, 15) is 9.59 Å². The molecule has 26 heavy (non-hydrogen) atoms. The van der Waals surface area contributed by atoms with E-state index in [0.29, 0.717) is 17.7 Å². The number of amides is 1. The lowest BCUT2D eigenvalue weighted by Gasteiger charge is -2.29. The third-order valence-electron chi connectivity index (χ3n) is 4.42. The minimum Gasteiger partial charge on any atom is -0.481 e. The number of aryl methyl sites for hydroxylation is 1. The van der Waals surface area contributed by atoms with E-state index in [1.165, 1.54) is 0 Å². The number of nitrogens with one attached hydrogen (secondary N) is 2. The van der Waals surface area contributed by atoms with Crippen molar-refractivity contribution < 1.29 is 14.7 Å². The highest BCUT2D eigenvalue weighted by Crippen LogP contribution is 2.18. The molecule has 0 unspecified atom stereocenters. The van der Waals surface area contributed by atoms with Gasteiger partial charge in [0.05, 0.1) is 0 Å². The molecule has 2 aromatic rings. The summed E-state index contributed by atoms with van der Waals surface area (Å²) in [4.78, 5) is 25.4. The molecule has 3 rings (SSSR count). The number of hydrogen-bond donors (Lipinski definition) is 3. The zero-order valence-electron chi connectivity index (χ0n) is 14.6. The molecule has 136 valence electrons. The topological polar surface area (TPSA) is 81.7 Å². The Kier molecular flexibility index (Phi) is 5.86. The van der Waals surface area contributed by atoms with Gasteiger partial charge in [-0.2, -0.15) is 0 Å². The number of nitrogens with zero attached hydrogens (tertiary/aromatic N) is 1. The van der Waals surface area contributed by atoms with Crippen molar-refractivity contribution in [2.24, 2.45) is 0 Å². The lowest BCUT2D eigenvalue weighted by Crippen LogP contribution is -2.43. The van der Waals surface area contributed by atoms with E-state index in [1.807, 2.05) is 42.5 Å². The van der Waals surface area contributed by atoms with Crippen LogP contribution in [0.3, 0.4) is 0 Å². The summed E-state index contributed by atoms with van der Waals surface area (Å²) in [6, 6.07) is 14.9. The largest absolute Gasteiger partial charge is 0.481 e. The molecule has 0 radical (unpaired) electrons. The molecule has 0 atom stereocenters. The van der Waals surface area contributed by atoms with Gasteiger partial charge in [-0.15, -0.1) is 0 Å². The Balaban J connectivity index is 1.62. The molecule has 1 aliphatic heterocycles. The Morgan fingerprint density at radius 3 is 2.50 bits per heavy atom. The van der Waals surface area contributed by atoms with E-state index in [2.05, 4.69) is 15.5 Å². The monoisotopic (exact) mass is 353 g/mol. The number of carboxylic acids is 1. The van der Waals surface area contributed by atoms with Crippen molar-refractivity contribution in [1.29, 1.82) is 0 Å². The first-order valence-electron chi connectivity index (χ1n) is 8.79. The first kappa shape index (κ1) is 17.9. The predicted octanol–water partition coefficient (Wildman–Crippen LogP) is 2.37. The van der Waals surface area contributed by atoms with Gasteiger partial charge in [0.15, 0.2) is 0 Å². The van der Waals surface area contributed by atoms with Gasteiger partial charge in [-0.05, 0) is 48.4 Å². The van der Waals surface area contributed by atoms with Gasteiger partial charge in [-0.3, -0.25) is 9.59 Å². The molecule has 1 saturated heterocycles. The molecule has 3 N–H and O–H groups in total. The van der Waals surface area contributed by atoms with Crippen LogP contribution in [0, 0.1) is 0 Å². The summed E-state index contributed by atoms with van der Waals surface area (Å²) in [6.07, 6.45) is 0.517. The van der Waals surface area contributed by atoms with Gasteiger partial charge in [0, 0.05) is 49.5 Å². The average molecular weight is 353 g/mol. The minimum absolute atomic E-state index is 0.0743. The van der Waals surface area contributed by atoms with Crippen LogP contribution >= 0.6 is 0 Å². The van der Waals surface area contributed by atoms with Crippen LogP contribution in [0.25, 0.3) is 0 Å². The van der Waals surface area contributed by atoms with E-state index in [0.717, 1.165) is 37.4 Å². The molecule has 0 saturated carbocycles. The van der Waals surface area contributed by atoms with Gasteiger partial charge in [-0.1, -0.05) is 12.1 Å². The molecule has 1 aliphatic rings. The van der Waals surface area contributed by atoms with E-state index in [-0.39, 0.29) is 12.3 Å². The lowest BCUT2D eigenvalue weighted by molar-refractivity contribution is -0.136. The van der Waals surface area contributed by atoms with Gasteiger partial charge in [0.2, 0.25) is 0 Å². The fraction of sp³-hybridized carbons (Fsp3) is 0.300. The van der Waals surface area contributed by atoms with Crippen LogP contribution in [0.1, 0.15) is 22.3 Å². The summed E-state index contributed by atoms with van der Waals surface area (Å²) in [5.41, 5.74) is 3.28. The van der Waals surface area contributed by atoms with Crippen molar-refractivity contribution >= 4 is 23.3 Å². The maximum atomic E-state index is 12.5. The summed E-state index contributed by atoms with van der Waals surface area (Å²) in [5, 5.41) is 15.0. The summed E-state index contributed by atoms with van der Waals surface area (Å²) < 4.78 is 0. The van der Waals surface area contributed by atoms with Crippen LogP contribution in [0.2, 0.25) is 0 Å². The normalized spacial score (nSPS) is 14.1.